The second-order valence-electron chi connectivity index (χ2n) is 6.75. The van der Waals surface area contributed by atoms with E-state index in [0.29, 0.717) is 22.5 Å². The highest BCUT2D eigenvalue weighted by molar-refractivity contribution is 6.30. The molecule has 28 heavy (non-hydrogen) atoms. The molecule has 0 unspecified atom stereocenters. The third kappa shape index (κ3) is 4.97. The molecule has 2 aromatic carbocycles. The van der Waals surface area contributed by atoms with E-state index in [1.165, 1.54) is 18.2 Å². The zero-order chi connectivity index (χ0) is 20.1. The molecule has 0 fully saturated rings. The van der Waals surface area contributed by atoms with E-state index < -0.39 is 5.82 Å². The Morgan fingerprint density at radius 2 is 1.82 bits per heavy atom. The number of anilines is 3. The number of benzene rings is 2. The summed E-state index contributed by atoms with van der Waals surface area (Å²) in [7, 11) is 0. The lowest BCUT2D eigenvalue weighted by Gasteiger charge is -2.20. The van der Waals surface area contributed by atoms with E-state index in [1.54, 1.807) is 6.07 Å². The van der Waals surface area contributed by atoms with Crippen LogP contribution in [-0.2, 0) is 0 Å². The maximum atomic E-state index is 14.1. The first-order valence-corrected chi connectivity index (χ1v) is 9.38. The van der Waals surface area contributed by atoms with Crippen LogP contribution in [0, 0.1) is 11.7 Å². The van der Waals surface area contributed by atoms with Crippen molar-refractivity contribution in [2.24, 2.45) is 5.92 Å². The van der Waals surface area contributed by atoms with Gasteiger partial charge in [0.2, 0.25) is 5.95 Å². The van der Waals surface area contributed by atoms with Crippen molar-refractivity contribution >= 4 is 29.1 Å². The summed E-state index contributed by atoms with van der Waals surface area (Å²) in [5, 5.41) is 16.2. The van der Waals surface area contributed by atoms with Gasteiger partial charge in [-0.3, -0.25) is 0 Å². The van der Waals surface area contributed by atoms with Gasteiger partial charge in [-0.15, -0.1) is 0 Å². The number of rotatable bonds is 7. The van der Waals surface area contributed by atoms with Crippen molar-refractivity contribution in [3.63, 3.8) is 0 Å². The van der Waals surface area contributed by atoms with Crippen LogP contribution in [0.25, 0.3) is 11.3 Å². The number of hydrogen-bond donors (Lipinski definition) is 3. The highest BCUT2D eigenvalue weighted by Crippen LogP contribution is 2.27. The Morgan fingerprint density at radius 1 is 1.07 bits per heavy atom. The van der Waals surface area contributed by atoms with Crippen LogP contribution in [0.4, 0.5) is 21.8 Å². The Balaban J connectivity index is 2.00. The maximum absolute atomic E-state index is 14.1. The number of aliphatic hydroxyl groups excluding tert-OH is 1. The van der Waals surface area contributed by atoms with Crippen LogP contribution in [-0.4, -0.2) is 27.7 Å². The summed E-state index contributed by atoms with van der Waals surface area (Å²) in [5.41, 5.74) is 1.79. The fourth-order valence-electron chi connectivity index (χ4n) is 2.65. The molecule has 0 aliphatic heterocycles. The fraction of sp³-hybridized carbons (Fsp3) is 0.238. The van der Waals surface area contributed by atoms with Crippen LogP contribution in [0.5, 0.6) is 0 Å². The molecule has 3 N–H and O–H groups in total. The van der Waals surface area contributed by atoms with Gasteiger partial charge in [-0.2, -0.15) is 4.98 Å². The minimum atomic E-state index is -0.436. The zero-order valence-electron chi connectivity index (χ0n) is 15.7. The molecule has 0 radical (unpaired) electrons. The standard InChI is InChI=1S/C21H22ClFN4O/c1-13(2)19(12-28)26-21-25-17(14-6-4-3-5-7-14)11-20(27-21)24-18-10-15(22)8-9-16(18)23/h3-11,13,19,28H,12H2,1-2H3,(H2,24,25,26,27)/t19-/m1/s1. The molecule has 1 atom stereocenters. The molecule has 0 saturated carbocycles. The molecule has 0 spiro atoms. The summed E-state index contributed by atoms with van der Waals surface area (Å²) in [6, 6.07) is 15.4. The van der Waals surface area contributed by atoms with Gasteiger partial charge in [0, 0.05) is 16.7 Å². The van der Waals surface area contributed by atoms with E-state index in [0.717, 1.165) is 5.56 Å². The smallest absolute Gasteiger partial charge is 0.225 e. The minimum Gasteiger partial charge on any atom is -0.394 e. The number of aromatic nitrogens is 2. The van der Waals surface area contributed by atoms with Gasteiger partial charge in [0.25, 0.3) is 0 Å². The van der Waals surface area contributed by atoms with Crippen molar-refractivity contribution in [1.82, 2.24) is 9.97 Å². The predicted molar refractivity (Wildman–Crippen MR) is 111 cm³/mol. The molecule has 5 nitrogen and oxygen atoms in total. The molecule has 7 heteroatoms. The van der Waals surface area contributed by atoms with Crippen molar-refractivity contribution in [1.29, 1.82) is 0 Å². The van der Waals surface area contributed by atoms with E-state index in [1.807, 2.05) is 44.2 Å². The molecule has 3 rings (SSSR count). The lowest BCUT2D eigenvalue weighted by Crippen LogP contribution is -2.30. The molecular formula is C21H22ClFN4O. The Bertz CT molecular complexity index is 937. The molecule has 0 aliphatic carbocycles. The molecule has 1 aromatic heterocycles. The third-order valence-corrected chi connectivity index (χ3v) is 4.54. The topological polar surface area (TPSA) is 70.1 Å². The van der Waals surface area contributed by atoms with Crippen LogP contribution >= 0.6 is 11.6 Å². The quantitative estimate of drug-likeness (QED) is 0.514. The van der Waals surface area contributed by atoms with Gasteiger partial charge < -0.3 is 15.7 Å². The second-order valence-corrected chi connectivity index (χ2v) is 7.19. The fourth-order valence-corrected chi connectivity index (χ4v) is 2.82. The van der Waals surface area contributed by atoms with Gasteiger partial charge in [0.15, 0.2) is 0 Å². The third-order valence-electron chi connectivity index (χ3n) is 4.30. The van der Waals surface area contributed by atoms with Crippen molar-refractivity contribution in [2.75, 3.05) is 17.2 Å². The normalized spacial score (nSPS) is 12.1. The number of nitrogens with one attached hydrogen (secondary N) is 2. The summed E-state index contributed by atoms with van der Waals surface area (Å²) >= 11 is 5.98. The first-order chi connectivity index (χ1) is 13.5. The monoisotopic (exact) mass is 400 g/mol. The van der Waals surface area contributed by atoms with E-state index in [2.05, 4.69) is 20.6 Å². The summed E-state index contributed by atoms with van der Waals surface area (Å²) in [6.07, 6.45) is 0. The van der Waals surface area contributed by atoms with Crippen LogP contribution in [0.1, 0.15) is 13.8 Å². The number of nitrogens with zero attached hydrogens (tertiary/aromatic N) is 2. The van der Waals surface area contributed by atoms with Crippen LogP contribution in [0.3, 0.4) is 0 Å². The molecule has 0 bridgehead atoms. The van der Waals surface area contributed by atoms with Crippen LogP contribution in [0.2, 0.25) is 5.02 Å². The molecule has 3 aromatic rings. The summed E-state index contributed by atoms with van der Waals surface area (Å²) in [6.45, 7) is 3.94. The average Bonchev–Trinajstić information content (AvgIpc) is 2.69. The summed E-state index contributed by atoms with van der Waals surface area (Å²) in [5.74, 6) is 0.502. The van der Waals surface area contributed by atoms with Crippen molar-refractivity contribution < 1.29 is 9.50 Å². The van der Waals surface area contributed by atoms with Gasteiger partial charge in [0.1, 0.15) is 11.6 Å². The van der Waals surface area contributed by atoms with Crippen LogP contribution in [0.15, 0.2) is 54.6 Å². The predicted octanol–water partition coefficient (Wildman–Crippen LogP) is 5.11. The number of aliphatic hydroxyl groups is 1. The van der Waals surface area contributed by atoms with Crippen molar-refractivity contribution in [3.05, 3.63) is 65.4 Å². The minimum absolute atomic E-state index is 0.0533. The lowest BCUT2D eigenvalue weighted by atomic mass is 10.1. The maximum Gasteiger partial charge on any atom is 0.225 e. The summed E-state index contributed by atoms with van der Waals surface area (Å²) in [4.78, 5) is 9.00. The van der Waals surface area contributed by atoms with E-state index in [9.17, 15) is 9.50 Å². The Labute approximate surface area is 168 Å². The Hall–Kier alpha value is -2.70. The Morgan fingerprint density at radius 3 is 2.50 bits per heavy atom. The molecule has 0 amide bonds. The molecule has 0 aliphatic rings. The van der Waals surface area contributed by atoms with Crippen LogP contribution < -0.4 is 10.6 Å². The highest BCUT2D eigenvalue weighted by Gasteiger charge is 2.15. The zero-order valence-corrected chi connectivity index (χ0v) is 16.4. The number of halogens is 2. The largest absolute Gasteiger partial charge is 0.394 e. The summed E-state index contributed by atoms with van der Waals surface area (Å²) < 4.78 is 14.1. The lowest BCUT2D eigenvalue weighted by molar-refractivity contribution is 0.248. The second kappa shape index (κ2) is 8.99. The molecule has 0 saturated heterocycles. The van der Waals surface area contributed by atoms with Gasteiger partial charge >= 0.3 is 0 Å². The SMILES string of the molecule is CC(C)[C@@H](CO)Nc1nc(Nc2cc(Cl)ccc2F)cc(-c2ccccc2)n1. The van der Waals surface area contributed by atoms with Crippen molar-refractivity contribution in [2.45, 2.75) is 19.9 Å². The van der Waals surface area contributed by atoms with E-state index in [4.69, 9.17) is 11.6 Å². The first kappa shape index (κ1) is 20.0. The highest BCUT2D eigenvalue weighted by atomic mass is 35.5. The number of hydrogen-bond acceptors (Lipinski definition) is 5. The van der Waals surface area contributed by atoms with Gasteiger partial charge in [0.05, 0.1) is 24.0 Å². The van der Waals surface area contributed by atoms with Gasteiger partial charge in [-0.1, -0.05) is 55.8 Å². The van der Waals surface area contributed by atoms with E-state index >= 15 is 0 Å². The van der Waals surface area contributed by atoms with E-state index in [-0.39, 0.29) is 24.3 Å². The molecule has 1 heterocycles. The Kier molecular flexibility index (Phi) is 6.44. The van der Waals surface area contributed by atoms with Gasteiger partial charge in [-0.05, 0) is 24.1 Å². The van der Waals surface area contributed by atoms with Gasteiger partial charge in [-0.25, -0.2) is 9.37 Å². The molecule has 146 valence electrons. The average molecular weight is 401 g/mol. The van der Waals surface area contributed by atoms with Crippen molar-refractivity contribution in [3.8, 4) is 11.3 Å². The first-order valence-electron chi connectivity index (χ1n) is 9.00. The molecular weight excluding hydrogens is 379 g/mol.